The van der Waals surface area contributed by atoms with Gasteiger partial charge in [0.2, 0.25) is 0 Å². The Kier molecular flexibility index (Phi) is 5.63. The van der Waals surface area contributed by atoms with Gasteiger partial charge in [-0.1, -0.05) is 77.4 Å². The summed E-state index contributed by atoms with van der Waals surface area (Å²) in [5, 5.41) is 11.3. The number of nitrogens with zero attached hydrogens (tertiary/aromatic N) is 3. The SMILES string of the molecule is O=C1NC(SCc2ccccc2Cl)=NN2C1=c1ccccc1=NC2c1c(F)cccc1Cl. The number of hydrogen-bond donors (Lipinski definition) is 1. The number of carbonyl (C=O) groups excluding carboxylic acids is 1. The van der Waals surface area contributed by atoms with Gasteiger partial charge in [0, 0.05) is 16.0 Å². The summed E-state index contributed by atoms with van der Waals surface area (Å²) in [6, 6.07) is 19.1. The van der Waals surface area contributed by atoms with Gasteiger partial charge in [0.05, 0.1) is 15.9 Å². The molecule has 0 saturated heterocycles. The third-order valence-electron chi connectivity index (χ3n) is 5.10. The molecule has 0 fully saturated rings. The van der Waals surface area contributed by atoms with Crippen molar-refractivity contribution in [3.05, 3.63) is 104 Å². The maximum absolute atomic E-state index is 14.8. The molecule has 0 spiro atoms. The predicted molar refractivity (Wildman–Crippen MR) is 125 cm³/mol. The highest BCUT2D eigenvalue weighted by molar-refractivity contribution is 8.13. The first-order valence-corrected chi connectivity index (χ1v) is 11.4. The zero-order valence-electron chi connectivity index (χ0n) is 16.4. The molecule has 2 aliphatic heterocycles. The summed E-state index contributed by atoms with van der Waals surface area (Å²) in [6.07, 6.45) is -0.921. The van der Waals surface area contributed by atoms with Crippen LogP contribution >= 0.6 is 35.0 Å². The number of hydrogen-bond acceptors (Lipinski definition) is 5. The molecule has 1 amide bonds. The Morgan fingerprint density at radius 1 is 1.00 bits per heavy atom. The molecule has 1 N–H and O–H groups in total. The number of amidine groups is 1. The van der Waals surface area contributed by atoms with E-state index in [4.69, 9.17) is 23.2 Å². The highest BCUT2D eigenvalue weighted by atomic mass is 35.5. The van der Waals surface area contributed by atoms with Gasteiger partial charge >= 0.3 is 0 Å². The molecular formula is C23H15Cl2FN4OS. The molecule has 3 aromatic carbocycles. The average Bonchev–Trinajstić information content (AvgIpc) is 2.78. The van der Waals surface area contributed by atoms with Crippen molar-refractivity contribution in [2.24, 2.45) is 10.1 Å². The van der Waals surface area contributed by atoms with Crippen LogP contribution in [0.1, 0.15) is 17.3 Å². The Bertz CT molecular complexity index is 1370. The lowest BCUT2D eigenvalue weighted by atomic mass is 10.1. The number of benzene rings is 3. The van der Waals surface area contributed by atoms with E-state index in [-0.39, 0.29) is 16.5 Å². The maximum atomic E-state index is 14.8. The van der Waals surface area contributed by atoms with E-state index in [1.807, 2.05) is 30.3 Å². The third kappa shape index (κ3) is 3.77. The molecular weight excluding hydrogens is 470 g/mol. The van der Waals surface area contributed by atoms with Crippen LogP contribution in [0.25, 0.3) is 5.70 Å². The molecule has 2 aliphatic rings. The molecule has 3 aromatic rings. The van der Waals surface area contributed by atoms with Crippen molar-refractivity contribution in [3.63, 3.8) is 0 Å². The first kappa shape index (κ1) is 21.0. The number of halogens is 3. The largest absolute Gasteiger partial charge is 0.298 e. The van der Waals surface area contributed by atoms with Crippen LogP contribution in [0.5, 0.6) is 0 Å². The maximum Gasteiger partial charge on any atom is 0.276 e. The lowest BCUT2D eigenvalue weighted by Crippen LogP contribution is -2.50. The minimum Gasteiger partial charge on any atom is -0.298 e. The van der Waals surface area contributed by atoms with Crippen LogP contribution < -0.4 is 15.9 Å². The molecule has 32 heavy (non-hydrogen) atoms. The molecule has 0 aromatic heterocycles. The molecule has 0 aliphatic carbocycles. The second-order valence-corrected chi connectivity index (χ2v) is 8.87. The molecule has 5 rings (SSSR count). The summed E-state index contributed by atoms with van der Waals surface area (Å²) in [7, 11) is 0. The fourth-order valence-corrected chi connectivity index (χ4v) is 5.00. The molecule has 0 radical (unpaired) electrons. The van der Waals surface area contributed by atoms with Gasteiger partial charge in [-0.05, 0) is 29.8 Å². The van der Waals surface area contributed by atoms with E-state index < -0.39 is 12.0 Å². The quantitative estimate of drug-likeness (QED) is 0.605. The topological polar surface area (TPSA) is 57.1 Å². The van der Waals surface area contributed by atoms with Crippen LogP contribution in [-0.4, -0.2) is 16.1 Å². The summed E-state index contributed by atoms with van der Waals surface area (Å²) in [5.74, 6) is -0.362. The summed E-state index contributed by atoms with van der Waals surface area (Å²) in [5.41, 5.74) is 1.37. The Morgan fingerprint density at radius 2 is 1.75 bits per heavy atom. The van der Waals surface area contributed by atoms with Crippen molar-refractivity contribution in [1.82, 2.24) is 10.3 Å². The van der Waals surface area contributed by atoms with Crippen molar-refractivity contribution < 1.29 is 9.18 Å². The molecule has 1 atom stereocenters. The third-order valence-corrected chi connectivity index (χ3v) is 6.71. The summed E-state index contributed by atoms with van der Waals surface area (Å²) >= 11 is 13.9. The van der Waals surface area contributed by atoms with Gasteiger partial charge in [-0.15, -0.1) is 5.10 Å². The van der Waals surface area contributed by atoms with E-state index in [0.29, 0.717) is 32.2 Å². The van der Waals surface area contributed by atoms with E-state index >= 15 is 0 Å². The van der Waals surface area contributed by atoms with Crippen LogP contribution in [0.2, 0.25) is 10.0 Å². The van der Waals surface area contributed by atoms with Gasteiger partial charge in [-0.3, -0.25) is 15.1 Å². The number of para-hydroxylation sites is 1. The molecule has 0 bridgehead atoms. The average molecular weight is 485 g/mol. The second-order valence-electron chi connectivity index (χ2n) is 7.09. The fourth-order valence-electron chi connectivity index (χ4n) is 3.60. The highest BCUT2D eigenvalue weighted by Gasteiger charge is 2.36. The molecule has 5 nitrogen and oxygen atoms in total. The molecule has 1 unspecified atom stereocenters. The number of carbonyl (C=O) groups is 1. The Labute approximate surface area is 197 Å². The lowest BCUT2D eigenvalue weighted by molar-refractivity contribution is -0.116. The smallest absolute Gasteiger partial charge is 0.276 e. The number of rotatable bonds is 3. The lowest BCUT2D eigenvalue weighted by Gasteiger charge is -2.34. The van der Waals surface area contributed by atoms with Crippen LogP contribution in [-0.2, 0) is 10.5 Å². The summed E-state index contributed by atoms with van der Waals surface area (Å²) in [4.78, 5) is 17.8. The highest BCUT2D eigenvalue weighted by Crippen LogP contribution is 2.36. The van der Waals surface area contributed by atoms with Crippen molar-refractivity contribution in [2.45, 2.75) is 11.9 Å². The van der Waals surface area contributed by atoms with Gasteiger partial charge in [0.25, 0.3) is 5.91 Å². The van der Waals surface area contributed by atoms with Crippen molar-refractivity contribution in [1.29, 1.82) is 0 Å². The van der Waals surface area contributed by atoms with Gasteiger partial charge < -0.3 is 0 Å². The van der Waals surface area contributed by atoms with Crippen molar-refractivity contribution >= 4 is 51.7 Å². The number of nitrogens with one attached hydrogen (secondary N) is 1. The molecule has 2 heterocycles. The molecule has 9 heteroatoms. The van der Waals surface area contributed by atoms with E-state index in [1.54, 1.807) is 24.3 Å². The van der Waals surface area contributed by atoms with E-state index in [2.05, 4.69) is 15.4 Å². The van der Waals surface area contributed by atoms with Gasteiger partial charge in [-0.2, -0.15) is 0 Å². The van der Waals surface area contributed by atoms with Crippen LogP contribution in [0.3, 0.4) is 0 Å². The summed E-state index contributed by atoms with van der Waals surface area (Å²) in [6.45, 7) is 0. The monoisotopic (exact) mass is 484 g/mol. The normalized spacial score (nSPS) is 17.2. The fraction of sp³-hybridized carbons (Fsp3) is 0.0870. The molecule has 160 valence electrons. The Morgan fingerprint density at radius 3 is 2.56 bits per heavy atom. The first-order chi connectivity index (χ1) is 15.5. The zero-order valence-corrected chi connectivity index (χ0v) is 18.8. The van der Waals surface area contributed by atoms with Crippen LogP contribution in [0, 0.1) is 5.82 Å². The number of thioether (sulfide) groups is 1. The predicted octanol–water partition coefficient (Wildman–Crippen LogP) is 4.21. The van der Waals surface area contributed by atoms with Gasteiger partial charge in [0.1, 0.15) is 11.5 Å². The molecule has 0 saturated carbocycles. The second kappa shape index (κ2) is 8.58. The van der Waals surface area contributed by atoms with Gasteiger partial charge in [0.15, 0.2) is 11.3 Å². The van der Waals surface area contributed by atoms with E-state index in [1.165, 1.54) is 28.9 Å². The summed E-state index contributed by atoms with van der Waals surface area (Å²) < 4.78 is 14.8. The van der Waals surface area contributed by atoms with Crippen molar-refractivity contribution in [3.8, 4) is 0 Å². The Balaban J connectivity index is 1.61. The number of fused-ring (bicyclic) bond motifs is 2. The number of amides is 1. The van der Waals surface area contributed by atoms with Crippen LogP contribution in [0.15, 0.2) is 76.8 Å². The van der Waals surface area contributed by atoms with Crippen LogP contribution in [0.4, 0.5) is 4.39 Å². The van der Waals surface area contributed by atoms with Crippen molar-refractivity contribution in [2.75, 3.05) is 0 Å². The van der Waals surface area contributed by atoms with E-state index in [0.717, 1.165) is 5.56 Å². The zero-order chi connectivity index (χ0) is 22.2. The first-order valence-electron chi connectivity index (χ1n) is 9.69. The minimum absolute atomic E-state index is 0.162. The minimum atomic E-state index is -0.921. The number of hydrazone groups is 1. The van der Waals surface area contributed by atoms with Gasteiger partial charge in [-0.25, -0.2) is 9.40 Å². The van der Waals surface area contributed by atoms with E-state index in [9.17, 15) is 9.18 Å². The standard InChI is InChI=1S/C23H15Cl2FN4OS/c24-15-8-3-1-6-13(15)12-32-23-28-22(31)20-14-7-2-4-11-18(14)27-21(30(20)29-23)19-16(25)9-5-10-17(19)26/h1-11,21H,12H2,(H,28,29,31). The Hall–Kier alpha value is -2.87.